The van der Waals surface area contributed by atoms with Crippen LogP contribution in [0.25, 0.3) is 11.1 Å². The summed E-state index contributed by atoms with van der Waals surface area (Å²) in [7, 11) is 0. The summed E-state index contributed by atoms with van der Waals surface area (Å²) >= 11 is 5.81. The number of rotatable bonds is 9. The van der Waals surface area contributed by atoms with Crippen molar-refractivity contribution in [1.29, 1.82) is 0 Å². The van der Waals surface area contributed by atoms with Gasteiger partial charge >= 0.3 is 6.09 Å². The predicted molar refractivity (Wildman–Crippen MR) is 144 cm³/mol. The second-order valence-corrected chi connectivity index (χ2v) is 9.32. The highest BCUT2D eigenvalue weighted by molar-refractivity contribution is 6.64. The second kappa shape index (κ2) is 11.3. The van der Waals surface area contributed by atoms with Crippen molar-refractivity contribution < 1.29 is 19.1 Å². The van der Waals surface area contributed by atoms with E-state index in [-0.39, 0.29) is 18.9 Å². The predicted octanol–water partition coefficient (Wildman–Crippen LogP) is 6.48. The smallest absolute Gasteiger partial charge is 0.407 e. The molecule has 5 nitrogen and oxygen atoms in total. The lowest BCUT2D eigenvalue weighted by atomic mass is 9.98. The van der Waals surface area contributed by atoms with E-state index < -0.39 is 17.4 Å². The van der Waals surface area contributed by atoms with Crippen LogP contribution in [0.3, 0.4) is 0 Å². The Labute approximate surface area is 221 Å². The lowest BCUT2D eigenvalue weighted by molar-refractivity contribution is -0.113. The normalized spacial score (nSPS) is 12.8. The number of alkyl carbamates (subject to hydrolysis) is 1. The minimum atomic E-state index is -0.909. The first-order valence-electron chi connectivity index (χ1n) is 12.1. The molecule has 4 aromatic carbocycles. The Morgan fingerprint density at radius 2 is 1.35 bits per heavy atom. The van der Waals surface area contributed by atoms with E-state index in [1.54, 1.807) is 0 Å². The first-order valence-corrected chi connectivity index (χ1v) is 12.5. The second-order valence-electron chi connectivity index (χ2n) is 8.95. The van der Waals surface area contributed by atoms with Crippen LogP contribution >= 0.6 is 11.6 Å². The SMILES string of the molecule is O=C(NC(Cc1ccc(OCc2ccccc2)cc1)C(=O)Cl)OCC1c2ccccc2-c2ccccc21. The van der Waals surface area contributed by atoms with Crippen molar-refractivity contribution >= 4 is 22.9 Å². The molecule has 6 heteroatoms. The standard InChI is InChI=1S/C31H26ClNO4/c32-30(34)29(18-21-14-16-23(17-15-21)36-19-22-8-2-1-3-9-22)33-31(35)37-20-28-26-12-6-4-10-24(26)25-11-5-7-13-27(25)28/h1-17,28-29H,18-20H2,(H,33,35). The molecule has 5 rings (SSSR count). The fraction of sp³-hybridized carbons (Fsp3) is 0.161. The van der Waals surface area contributed by atoms with E-state index in [1.165, 1.54) is 0 Å². The summed E-state index contributed by atoms with van der Waals surface area (Å²) in [5.41, 5.74) is 6.46. The average molecular weight is 512 g/mol. The molecule has 1 aliphatic rings. The van der Waals surface area contributed by atoms with E-state index in [9.17, 15) is 9.59 Å². The van der Waals surface area contributed by atoms with Crippen LogP contribution in [0.5, 0.6) is 5.75 Å². The average Bonchev–Trinajstić information content (AvgIpc) is 3.25. The quantitative estimate of drug-likeness (QED) is 0.261. The fourth-order valence-electron chi connectivity index (χ4n) is 4.67. The first kappa shape index (κ1) is 24.6. The van der Waals surface area contributed by atoms with Gasteiger partial charge in [-0.3, -0.25) is 4.79 Å². The van der Waals surface area contributed by atoms with Crippen molar-refractivity contribution in [2.45, 2.75) is 25.0 Å². The minimum Gasteiger partial charge on any atom is -0.489 e. The number of halogens is 1. The lowest BCUT2D eigenvalue weighted by Gasteiger charge is -2.18. The molecule has 0 aromatic heterocycles. The molecule has 0 spiro atoms. The number of carbonyl (C=O) groups is 2. The molecule has 37 heavy (non-hydrogen) atoms. The van der Waals surface area contributed by atoms with Gasteiger partial charge in [0.1, 0.15) is 25.0 Å². The third-order valence-corrected chi connectivity index (χ3v) is 6.78. The molecule has 1 amide bonds. The third kappa shape index (κ3) is 5.84. The van der Waals surface area contributed by atoms with Crippen LogP contribution in [-0.2, 0) is 22.6 Å². The number of benzene rings is 4. The number of hydrogen-bond donors (Lipinski definition) is 1. The van der Waals surface area contributed by atoms with Crippen molar-refractivity contribution in [3.63, 3.8) is 0 Å². The largest absolute Gasteiger partial charge is 0.489 e. The molecule has 0 aliphatic heterocycles. The number of hydrogen-bond acceptors (Lipinski definition) is 4. The van der Waals surface area contributed by atoms with E-state index in [0.717, 1.165) is 33.4 Å². The van der Waals surface area contributed by atoms with Crippen molar-refractivity contribution in [2.75, 3.05) is 6.61 Å². The van der Waals surface area contributed by atoms with Gasteiger partial charge in [-0.1, -0.05) is 91.0 Å². The zero-order chi connectivity index (χ0) is 25.6. The highest BCUT2D eigenvalue weighted by Gasteiger charge is 2.29. The van der Waals surface area contributed by atoms with E-state index in [1.807, 2.05) is 78.9 Å². The number of ether oxygens (including phenoxy) is 2. The summed E-state index contributed by atoms with van der Waals surface area (Å²) in [5.74, 6) is 0.651. The van der Waals surface area contributed by atoms with Gasteiger partial charge in [0, 0.05) is 12.3 Å². The van der Waals surface area contributed by atoms with Gasteiger partial charge in [0.25, 0.3) is 0 Å². The Kier molecular flexibility index (Phi) is 7.52. The van der Waals surface area contributed by atoms with Crippen molar-refractivity contribution in [2.24, 2.45) is 0 Å². The summed E-state index contributed by atoms with van der Waals surface area (Å²) in [4.78, 5) is 24.7. The van der Waals surface area contributed by atoms with E-state index in [4.69, 9.17) is 21.1 Å². The van der Waals surface area contributed by atoms with E-state index in [0.29, 0.717) is 12.4 Å². The third-order valence-electron chi connectivity index (χ3n) is 6.52. The van der Waals surface area contributed by atoms with E-state index in [2.05, 4.69) is 29.6 Å². The van der Waals surface area contributed by atoms with Gasteiger partial charge < -0.3 is 14.8 Å². The van der Waals surface area contributed by atoms with Gasteiger partial charge in [-0.05, 0) is 57.1 Å². The van der Waals surface area contributed by atoms with Crippen molar-refractivity contribution in [1.82, 2.24) is 5.32 Å². The van der Waals surface area contributed by atoms with Crippen LogP contribution in [0.2, 0.25) is 0 Å². The summed E-state index contributed by atoms with van der Waals surface area (Å²) in [6, 6.07) is 32.6. The molecule has 0 heterocycles. The van der Waals surface area contributed by atoms with Crippen molar-refractivity contribution in [3.05, 3.63) is 125 Å². The topological polar surface area (TPSA) is 64.6 Å². The van der Waals surface area contributed by atoms with Gasteiger partial charge in [-0.2, -0.15) is 0 Å². The first-order chi connectivity index (χ1) is 18.1. The lowest BCUT2D eigenvalue weighted by Crippen LogP contribution is -2.41. The van der Waals surface area contributed by atoms with Gasteiger partial charge in [0.05, 0.1) is 0 Å². The van der Waals surface area contributed by atoms with Gasteiger partial charge in [-0.15, -0.1) is 0 Å². The van der Waals surface area contributed by atoms with E-state index >= 15 is 0 Å². The maximum Gasteiger partial charge on any atom is 0.407 e. The number of carbonyl (C=O) groups excluding carboxylic acids is 2. The summed E-state index contributed by atoms with van der Waals surface area (Å²) in [5, 5.41) is 1.97. The molecule has 0 saturated carbocycles. The summed E-state index contributed by atoms with van der Waals surface area (Å²) in [6.45, 7) is 0.628. The van der Waals surface area contributed by atoms with Gasteiger partial charge in [-0.25, -0.2) is 4.79 Å². The highest BCUT2D eigenvalue weighted by Crippen LogP contribution is 2.44. The molecular weight excluding hydrogens is 486 g/mol. The van der Waals surface area contributed by atoms with Gasteiger partial charge in [0.2, 0.25) is 5.24 Å². The summed E-state index contributed by atoms with van der Waals surface area (Å²) in [6.07, 6.45) is -0.436. The molecule has 0 fully saturated rings. The zero-order valence-corrected chi connectivity index (χ0v) is 20.9. The monoisotopic (exact) mass is 511 g/mol. The molecule has 0 bridgehead atoms. The Hall–Kier alpha value is -4.09. The molecular formula is C31H26ClNO4. The highest BCUT2D eigenvalue weighted by atomic mass is 35.5. The molecule has 0 radical (unpaired) electrons. The minimum absolute atomic E-state index is 0.0632. The van der Waals surface area contributed by atoms with Crippen molar-refractivity contribution in [3.8, 4) is 16.9 Å². The summed E-state index contributed by atoms with van der Waals surface area (Å²) < 4.78 is 11.4. The Balaban J connectivity index is 1.17. The molecule has 1 unspecified atom stereocenters. The molecule has 1 N–H and O–H groups in total. The van der Waals surface area contributed by atoms with Crippen LogP contribution in [0, 0.1) is 0 Å². The molecule has 4 aromatic rings. The molecule has 1 aliphatic carbocycles. The Bertz CT molecular complexity index is 1340. The number of fused-ring (bicyclic) bond motifs is 3. The van der Waals surface area contributed by atoms with Crippen LogP contribution in [0.4, 0.5) is 4.79 Å². The fourth-order valence-corrected chi connectivity index (χ4v) is 4.80. The van der Waals surface area contributed by atoms with Gasteiger partial charge in [0.15, 0.2) is 0 Å². The van der Waals surface area contributed by atoms with Crippen LogP contribution < -0.4 is 10.1 Å². The number of nitrogens with one attached hydrogen (secondary N) is 1. The van der Waals surface area contributed by atoms with Crippen LogP contribution in [0.1, 0.15) is 28.2 Å². The van der Waals surface area contributed by atoms with Crippen LogP contribution in [-0.4, -0.2) is 24.0 Å². The Morgan fingerprint density at radius 3 is 1.97 bits per heavy atom. The maximum absolute atomic E-state index is 12.6. The Morgan fingerprint density at radius 1 is 0.757 bits per heavy atom. The van der Waals surface area contributed by atoms with Crippen LogP contribution in [0.15, 0.2) is 103 Å². The molecule has 1 atom stereocenters. The maximum atomic E-state index is 12.6. The molecule has 186 valence electrons. The zero-order valence-electron chi connectivity index (χ0n) is 20.1. The molecule has 0 saturated heterocycles. The number of amides is 1.